The Morgan fingerprint density at radius 1 is 1.20 bits per heavy atom. The summed E-state index contributed by atoms with van der Waals surface area (Å²) in [4.78, 5) is 28.7. The molecule has 11 heteroatoms. The zero-order chi connectivity index (χ0) is 24.6. The van der Waals surface area contributed by atoms with Gasteiger partial charge in [0.25, 0.3) is 5.91 Å². The molecular formula is C24H30BN7O3. The molecule has 0 spiro atoms. The highest BCUT2D eigenvalue weighted by molar-refractivity contribution is 6.07. The van der Waals surface area contributed by atoms with Crippen LogP contribution in [0.1, 0.15) is 17.4 Å². The summed E-state index contributed by atoms with van der Waals surface area (Å²) in [6.07, 6.45) is 5.05. The molecule has 0 radical (unpaired) electrons. The van der Waals surface area contributed by atoms with Crippen molar-refractivity contribution in [3.63, 3.8) is 0 Å². The number of ether oxygens (including phenoxy) is 2. The number of rotatable bonds is 9. The largest absolute Gasteiger partial charge is 0.489 e. The van der Waals surface area contributed by atoms with E-state index in [9.17, 15) is 4.79 Å². The number of pyridine rings is 1. The first-order chi connectivity index (χ1) is 17.1. The number of hydrogen-bond donors (Lipinski definition) is 3. The third kappa shape index (κ3) is 6.06. The minimum absolute atomic E-state index is 0.0469. The molecule has 4 rings (SSSR count). The highest BCUT2D eigenvalue weighted by Crippen LogP contribution is 2.27. The summed E-state index contributed by atoms with van der Waals surface area (Å²) in [5.74, 6) is 0.789. The number of nitrogens with one attached hydrogen (secondary N) is 3. The fourth-order valence-corrected chi connectivity index (χ4v) is 3.88. The summed E-state index contributed by atoms with van der Waals surface area (Å²) in [5, 5.41) is 9.02. The van der Waals surface area contributed by atoms with Gasteiger partial charge in [-0.3, -0.25) is 9.78 Å². The first kappa shape index (κ1) is 24.4. The molecule has 1 aliphatic heterocycles. The van der Waals surface area contributed by atoms with Crippen LogP contribution in [0.15, 0.2) is 48.9 Å². The van der Waals surface area contributed by atoms with Crippen LogP contribution in [0, 0.1) is 0 Å². The summed E-state index contributed by atoms with van der Waals surface area (Å²) in [6, 6.07) is 9.48. The van der Waals surface area contributed by atoms with Gasteiger partial charge in [0.05, 0.1) is 42.7 Å². The Labute approximate surface area is 205 Å². The molecule has 182 valence electrons. The van der Waals surface area contributed by atoms with E-state index in [2.05, 4.69) is 35.7 Å². The van der Waals surface area contributed by atoms with Crippen LogP contribution in [0.2, 0.25) is 0 Å². The highest BCUT2D eigenvalue weighted by atomic mass is 16.5. The molecule has 1 fully saturated rings. The van der Waals surface area contributed by atoms with Crippen molar-refractivity contribution in [2.45, 2.75) is 13.0 Å². The summed E-state index contributed by atoms with van der Waals surface area (Å²) >= 11 is 0. The second-order valence-electron chi connectivity index (χ2n) is 8.16. The van der Waals surface area contributed by atoms with E-state index >= 15 is 0 Å². The van der Waals surface area contributed by atoms with Crippen molar-refractivity contribution in [1.82, 2.24) is 20.2 Å². The molecule has 1 amide bonds. The van der Waals surface area contributed by atoms with E-state index < -0.39 is 0 Å². The molecule has 2 aromatic heterocycles. The maximum Gasteiger partial charge on any atom is 0.278 e. The molecular weight excluding hydrogens is 445 g/mol. The van der Waals surface area contributed by atoms with Gasteiger partial charge in [-0.05, 0) is 37.3 Å². The van der Waals surface area contributed by atoms with Crippen LogP contribution in [-0.2, 0) is 4.74 Å². The molecule has 3 aromatic rings. The van der Waals surface area contributed by atoms with Gasteiger partial charge in [-0.2, -0.15) is 0 Å². The number of hydrogen-bond acceptors (Lipinski definition) is 9. The van der Waals surface area contributed by atoms with Crippen LogP contribution < -0.4 is 25.5 Å². The standard InChI is InChI=1S/C24H30BN7O3/c1-16(13-29-25)35-18-5-3-17(4-6-18)19-15-28-23(26-2)22(30-19)24(33)31-20-14-27-8-7-21(20)32-9-11-34-12-10-32/h3-8,14-16,29H,9-13,25H2,1-2H3,(H,26,28)(H,31,33). The van der Waals surface area contributed by atoms with Gasteiger partial charge in [-0.1, -0.05) is 0 Å². The normalized spacial score (nSPS) is 14.3. The Morgan fingerprint density at radius 2 is 1.97 bits per heavy atom. The van der Waals surface area contributed by atoms with E-state index in [4.69, 9.17) is 9.47 Å². The topological polar surface area (TPSA) is 114 Å². The Hall–Kier alpha value is -3.70. The van der Waals surface area contributed by atoms with Gasteiger partial charge in [0.2, 0.25) is 0 Å². The van der Waals surface area contributed by atoms with Crippen molar-refractivity contribution in [3.8, 4) is 17.0 Å². The Kier molecular flexibility index (Phi) is 8.12. The predicted octanol–water partition coefficient (Wildman–Crippen LogP) is 1.57. The van der Waals surface area contributed by atoms with Crippen molar-refractivity contribution in [1.29, 1.82) is 0 Å². The average Bonchev–Trinajstić information content (AvgIpc) is 2.89. The van der Waals surface area contributed by atoms with Gasteiger partial charge < -0.3 is 30.2 Å². The van der Waals surface area contributed by atoms with Gasteiger partial charge >= 0.3 is 0 Å². The molecule has 0 bridgehead atoms. The Morgan fingerprint density at radius 3 is 2.69 bits per heavy atom. The molecule has 35 heavy (non-hydrogen) atoms. The van der Waals surface area contributed by atoms with Crippen LogP contribution in [0.3, 0.4) is 0 Å². The summed E-state index contributed by atoms with van der Waals surface area (Å²) < 4.78 is 11.3. The van der Waals surface area contributed by atoms with Crippen LogP contribution >= 0.6 is 0 Å². The molecule has 1 unspecified atom stereocenters. The Balaban J connectivity index is 1.55. The summed E-state index contributed by atoms with van der Waals surface area (Å²) in [7, 11) is 3.60. The van der Waals surface area contributed by atoms with Crippen LogP contribution in [0.4, 0.5) is 17.2 Å². The van der Waals surface area contributed by atoms with E-state index in [1.54, 1.807) is 25.6 Å². The second kappa shape index (κ2) is 11.6. The summed E-state index contributed by atoms with van der Waals surface area (Å²) in [6.45, 7) is 5.54. The maximum atomic E-state index is 13.3. The van der Waals surface area contributed by atoms with Crippen molar-refractivity contribution < 1.29 is 14.3 Å². The van der Waals surface area contributed by atoms with E-state index in [1.165, 1.54) is 0 Å². The highest BCUT2D eigenvalue weighted by Gasteiger charge is 2.20. The molecule has 1 aromatic carbocycles. The summed E-state index contributed by atoms with van der Waals surface area (Å²) in [5.41, 5.74) is 3.13. The van der Waals surface area contributed by atoms with Gasteiger partial charge in [0.1, 0.15) is 11.9 Å². The number of morpholine rings is 1. The number of anilines is 3. The van der Waals surface area contributed by atoms with Crippen molar-refractivity contribution >= 4 is 31.1 Å². The van der Waals surface area contributed by atoms with Crippen molar-refractivity contribution in [2.75, 3.05) is 55.4 Å². The number of aromatic nitrogens is 3. The average molecular weight is 475 g/mol. The van der Waals surface area contributed by atoms with Crippen LogP contribution in [0.25, 0.3) is 11.3 Å². The number of carbonyl (C=O) groups is 1. The quantitative estimate of drug-likeness (QED) is 0.397. The minimum Gasteiger partial charge on any atom is -0.489 e. The lowest BCUT2D eigenvalue weighted by atomic mass is 10.1. The number of carbonyl (C=O) groups excluding carboxylic acids is 1. The molecule has 1 saturated heterocycles. The fourth-order valence-electron chi connectivity index (χ4n) is 3.88. The van der Waals surface area contributed by atoms with Gasteiger partial charge in [-0.15, -0.1) is 0 Å². The van der Waals surface area contributed by atoms with Gasteiger partial charge in [0.15, 0.2) is 19.5 Å². The van der Waals surface area contributed by atoms with Crippen LogP contribution in [0.5, 0.6) is 5.75 Å². The van der Waals surface area contributed by atoms with Gasteiger partial charge in [0, 0.05) is 38.4 Å². The maximum absolute atomic E-state index is 13.3. The third-order valence-electron chi connectivity index (χ3n) is 5.60. The van der Waals surface area contributed by atoms with E-state index in [0.29, 0.717) is 30.4 Å². The number of amides is 1. The zero-order valence-corrected chi connectivity index (χ0v) is 20.2. The van der Waals surface area contributed by atoms with E-state index in [0.717, 1.165) is 36.6 Å². The third-order valence-corrected chi connectivity index (χ3v) is 5.60. The Bertz CT molecular complexity index is 1140. The van der Waals surface area contributed by atoms with Crippen LogP contribution in [-0.4, -0.2) is 74.8 Å². The lowest BCUT2D eigenvalue weighted by molar-refractivity contribution is 0.102. The molecule has 0 saturated carbocycles. The molecule has 10 nitrogen and oxygen atoms in total. The van der Waals surface area contributed by atoms with E-state index in [-0.39, 0.29) is 17.7 Å². The number of benzene rings is 1. The zero-order valence-electron chi connectivity index (χ0n) is 20.2. The molecule has 3 N–H and O–H groups in total. The first-order valence-corrected chi connectivity index (χ1v) is 11.6. The lowest BCUT2D eigenvalue weighted by Crippen LogP contribution is -2.36. The number of nitrogens with zero attached hydrogens (tertiary/aromatic N) is 4. The molecule has 3 heterocycles. The molecule has 1 atom stereocenters. The monoisotopic (exact) mass is 475 g/mol. The van der Waals surface area contributed by atoms with Gasteiger partial charge in [-0.25, -0.2) is 9.97 Å². The fraction of sp³-hybridized carbons (Fsp3) is 0.333. The van der Waals surface area contributed by atoms with E-state index in [1.807, 2.05) is 45.2 Å². The lowest BCUT2D eigenvalue weighted by Gasteiger charge is -2.30. The minimum atomic E-state index is -0.368. The van der Waals surface area contributed by atoms with Crippen molar-refractivity contribution in [2.24, 2.45) is 0 Å². The molecule has 0 aliphatic carbocycles. The van der Waals surface area contributed by atoms with Crippen molar-refractivity contribution in [3.05, 3.63) is 54.6 Å². The molecule has 1 aliphatic rings. The second-order valence-corrected chi connectivity index (χ2v) is 8.16. The first-order valence-electron chi connectivity index (χ1n) is 11.6. The smallest absolute Gasteiger partial charge is 0.278 e. The predicted molar refractivity (Wildman–Crippen MR) is 139 cm³/mol. The SMILES string of the molecule is BNCC(C)Oc1ccc(-c2cnc(NC)c(C(=O)Nc3cnccc3N3CCOCC3)n2)cc1.